The molecule has 49 heavy (non-hydrogen) atoms. The predicted octanol–water partition coefficient (Wildman–Crippen LogP) is 11.3. The lowest BCUT2D eigenvalue weighted by molar-refractivity contribution is 1.07. The van der Waals surface area contributed by atoms with Crippen molar-refractivity contribution in [2.75, 3.05) is 0 Å². The summed E-state index contributed by atoms with van der Waals surface area (Å²) in [5.74, 6) is 1.11. The second-order valence-electron chi connectivity index (χ2n) is 11.6. The molecule has 4 nitrogen and oxygen atoms in total. The quantitative estimate of drug-likeness (QED) is 0.183. The van der Waals surface area contributed by atoms with Gasteiger partial charge in [0.2, 0.25) is 0 Å². The zero-order valence-corrected chi connectivity index (χ0v) is 26.1. The largest absolute Gasteiger partial charge is 0.309 e. The van der Waals surface area contributed by atoms with Gasteiger partial charge < -0.3 is 4.57 Å². The molecule has 9 aromatic rings. The lowest BCUT2D eigenvalue weighted by Gasteiger charge is -2.11. The van der Waals surface area contributed by atoms with Crippen LogP contribution in [-0.2, 0) is 0 Å². The molecule has 0 spiro atoms. The zero-order chi connectivity index (χ0) is 38.7. The van der Waals surface area contributed by atoms with Crippen molar-refractivity contribution < 1.29 is 9.60 Å². The minimum Gasteiger partial charge on any atom is -0.309 e. The van der Waals surface area contributed by atoms with E-state index in [1.807, 2.05) is 97.1 Å². The Kier molecular flexibility index (Phi) is 5.47. The summed E-state index contributed by atoms with van der Waals surface area (Å²) < 4.78 is 62.5. The van der Waals surface area contributed by atoms with E-state index in [4.69, 9.17) is 23.2 Å². The molecule has 0 saturated heterocycles. The van der Waals surface area contributed by atoms with Crippen molar-refractivity contribution in [2.45, 2.75) is 0 Å². The monoisotopic (exact) mass is 633 g/mol. The number of benzene rings is 7. The summed E-state index contributed by atoms with van der Waals surface area (Å²) in [5.41, 5.74) is 6.93. The van der Waals surface area contributed by atoms with Crippen molar-refractivity contribution >= 4 is 21.8 Å². The van der Waals surface area contributed by atoms with Crippen LogP contribution in [0.1, 0.15) is 9.60 Å². The Morgan fingerprint density at radius 1 is 0.367 bits per heavy atom. The van der Waals surface area contributed by atoms with Crippen LogP contribution < -0.4 is 0 Å². The predicted molar refractivity (Wildman–Crippen MR) is 201 cm³/mol. The second-order valence-corrected chi connectivity index (χ2v) is 11.6. The Labute approximate surface area is 294 Å². The molecular formula is C45H30N4. The van der Waals surface area contributed by atoms with E-state index in [9.17, 15) is 1.37 Å². The molecule has 0 radical (unpaired) electrons. The van der Waals surface area contributed by atoms with Gasteiger partial charge in [0.05, 0.1) is 20.6 Å². The first-order valence-electron chi connectivity index (χ1n) is 19.4. The van der Waals surface area contributed by atoms with Gasteiger partial charge in [0.1, 0.15) is 0 Å². The number of hydrogen-bond acceptors (Lipinski definition) is 3. The van der Waals surface area contributed by atoms with Gasteiger partial charge in [-0.2, -0.15) is 0 Å². The highest BCUT2D eigenvalue weighted by Crippen LogP contribution is 2.35. The first-order chi connectivity index (χ1) is 27.2. The molecule has 4 heteroatoms. The van der Waals surface area contributed by atoms with Crippen LogP contribution in [0.5, 0.6) is 0 Å². The molecule has 0 fully saturated rings. The Bertz CT molecular complexity index is 2990. The molecule has 9 rings (SSSR count). The number of fused-ring (bicyclic) bond motifs is 3. The van der Waals surface area contributed by atoms with Gasteiger partial charge in [0, 0.05) is 33.2 Å². The average Bonchev–Trinajstić information content (AvgIpc) is 3.59. The van der Waals surface area contributed by atoms with Crippen molar-refractivity contribution in [1.82, 2.24) is 19.5 Å². The first kappa shape index (κ1) is 22.0. The van der Waals surface area contributed by atoms with Gasteiger partial charge in [0.15, 0.2) is 17.5 Å². The lowest BCUT2D eigenvalue weighted by Crippen LogP contribution is -2.01. The summed E-state index contributed by atoms with van der Waals surface area (Å²) >= 11 is 0. The molecule has 0 amide bonds. The highest BCUT2D eigenvalue weighted by Gasteiger charge is 2.17. The van der Waals surface area contributed by atoms with Gasteiger partial charge in [-0.25, -0.2) is 15.0 Å². The fourth-order valence-corrected chi connectivity index (χ4v) is 6.17. The van der Waals surface area contributed by atoms with Gasteiger partial charge in [-0.15, -0.1) is 0 Å². The van der Waals surface area contributed by atoms with Crippen LogP contribution in [0.4, 0.5) is 0 Å². The van der Waals surface area contributed by atoms with Crippen LogP contribution >= 0.6 is 0 Å². The minimum absolute atomic E-state index is 0.0105. The Balaban J connectivity index is 1.30. The van der Waals surface area contributed by atoms with Crippen molar-refractivity contribution in [3.8, 4) is 62.1 Å². The number of nitrogens with zero attached hydrogens (tertiary/aromatic N) is 4. The highest BCUT2D eigenvalue weighted by molar-refractivity contribution is 6.10. The molecule has 0 aliphatic rings. The third-order valence-electron chi connectivity index (χ3n) is 8.55. The Hall–Kier alpha value is -6.65. The normalized spacial score (nSPS) is 13.3. The fraction of sp³-hybridized carbons (Fsp3) is 0. The molecule has 0 atom stereocenters. The summed E-state index contributed by atoms with van der Waals surface area (Å²) in [6.45, 7) is 0. The van der Waals surface area contributed by atoms with Crippen LogP contribution in [0, 0.1) is 0 Å². The maximum Gasteiger partial charge on any atom is 0.164 e. The molecule has 2 heterocycles. The Morgan fingerprint density at radius 2 is 0.959 bits per heavy atom. The smallest absolute Gasteiger partial charge is 0.164 e. The molecule has 0 aliphatic carbocycles. The molecule has 0 saturated carbocycles. The highest BCUT2D eigenvalue weighted by atomic mass is 15.0. The van der Waals surface area contributed by atoms with E-state index in [0.29, 0.717) is 28.1 Å². The van der Waals surface area contributed by atoms with E-state index in [-0.39, 0.29) is 64.7 Å². The van der Waals surface area contributed by atoms with Crippen molar-refractivity contribution in [3.05, 3.63) is 182 Å². The number of para-hydroxylation sites is 2. The molecule has 0 unspecified atom stereocenters. The standard InChI is InChI=1S/C45H30N4/c1-4-13-31(14-5-1)33-23-25-34(26-24-33)43-46-44(36-18-12-17-35(29-36)32-15-6-2-7-16-32)48-45(47-43)37-27-28-40-39-21-10-11-22-41(39)49(42(40)30-37)38-19-8-3-9-20-38/h1-30H/i3D,8D,10D,19D,21D,22D,28D. The first-order valence-corrected chi connectivity index (χ1v) is 15.9. The topological polar surface area (TPSA) is 43.6 Å². The van der Waals surface area contributed by atoms with E-state index >= 15 is 0 Å². The van der Waals surface area contributed by atoms with Gasteiger partial charge in [0.25, 0.3) is 0 Å². The molecule has 0 N–H and O–H groups in total. The zero-order valence-electron chi connectivity index (χ0n) is 33.1. The maximum absolute atomic E-state index is 9.34. The van der Waals surface area contributed by atoms with E-state index in [0.717, 1.165) is 33.4 Å². The summed E-state index contributed by atoms with van der Waals surface area (Å²) in [6, 6.07) is 42.6. The molecule has 230 valence electrons. The van der Waals surface area contributed by atoms with E-state index in [1.165, 1.54) is 18.2 Å². The number of aromatic nitrogens is 4. The van der Waals surface area contributed by atoms with Crippen LogP contribution in [-0.4, -0.2) is 19.5 Å². The number of rotatable bonds is 6. The van der Waals surface area contributed by atoms with E-state index < -0.39 is 0 Å². The van der Waals surface area contributed by atoms with Crippen LogP contribution in [0.2, 0.25) is 0 Å². The van der Waals surface area contributed by atoms with Crippen LogP contribution in [0.25, 0.3) is 83.9 Å². The third-order valence-corrected chi connectivity index (χ3v) is 8.55. The molecule has 7 aromatic carbocycles. The minimum atomic E-state index is -0.294. The average molecular weight is 634 g/mol. The summed E-state index contributed by atoms with van der Waals surface area (Å²) in [7, 11) is 0. The summed E-state index contributed by atoms with van der Waals surface area (Å²) in [5, 5.41) is 0.544. The van der Waals surface area contributed by atoms with E-state index in [1.54, 1.807) is 16.7 Å². The van der Waals surface area contributed by atoms with Gasteiger partial charge in [-0.3, -0.25) is 0 Å². The molecule has 2 aromatic heterocycles. The number of hydrogen-bond donors (Lipinski definition) is 0. The van der Waals surface area contributed by atoms with E-state index in [2.05, 4.69) is 12.1 Å². The molecule has 0 aliphatic heterocycles. The maximum atomic E-state index is 9.34. The second kappa shape index (κ2) is 12.2. The molecule has 0 bridgehead atoms. The van der Waals surface area contributed by atoms with Crippen LogP contribution in [0.3, 0.4) is 0 Å². The van der Waals surface area contributed by atoms with Crippen molar-refractivity contribution in [3.63, 3.8) is 0 Å². The third kappa shape index (κ3) is 5.35. The van der Waals surface area contributed by atoms with Crippen LogP contribution in [0.15, 0.2) is 182 Å². The molecular weight excluding hydrogens is 597 g/mol. The fourth-order valence-electron chi connectivity index (χ4n) is 6.17. The lowest BCUT2D eigenvalue weighted by atomic mass is 10.0. The summed E-state index contributed by atoms with van der Waals surface area (Å²) in [4.78, 5) is 14.9. The van der Waals surface area contributed by atoms with Gasteiger partial charge in [-0.1, -0.05) is 152 Å². The van der Waals surface area contributed by atoms with Crippen molar-refractivity contribution in [1.29, 1.82) is 0 Å². The van der Waals surface area contributed by atoms with Gasteiger partial charge in [-0.05, 0) is 52.5 Å². The SMILES string of the molecule is [2H]c1ccc(-n2c3cc(-c4nc(-c5ccc(-c6ccccc6)cc5)nc(-c5cccc(-c6ccccc6)c5)n4)cc([2H])c3c3c([2H])c([2H])cc([2H])c32)c([2H])c1[2H]. The van der Waals surface area contributed by atoms with Crippen molar-refractivity contribution in [2.24, 2.45) is 0 Å². The Morgan fingerprint density at radius 3 is 1.71 bits per heavy atom. The summed E-state index contributed by atoms with van der Waals surface area (Å²) in [6.07, 6.45) is 0. The van der Waals surface area contributed by atoms with Gasteiger partial charge >= 0.3 is 0 Å².